The molecule has 0 fully saturated rings. The van der Waals surface area contributed by atoms with Gasteiger partial charge in [-0.25, -0.2) is 4.68 Å². The average Bonchev–Trinajstić information content (AvgIpc) is 3.05. The van der Waals surface area contributed by atoms with E-state index in [2.05, 4.69) is 10.4 Å². The Hall–Kier alpha value is -2.47. The van der Waals surface area contributed by atoms with Crippen LogP contribution in [0.5, 0.6) is 0 Å². The first-order chi connectivity index (χ1) is 10.6. The number of carbonyl (C=O) groups excluding carboxylic acids is 1. The molecule has 0 bridgehead atoms. The van der Waals surface area contributed by atoms with E-state index in [0.717, 1.165) is 4.88 Å². The van der Waals surface area contributed by atoms with Crippen molar-refractivity contribution in [2.24, 2.45) is 7.05 Å². The van der Waals surface area contributed by atoms with Gasteiger partial charge in [-0.05, 0) is 24.4 Å². The molecule has 1 aromatic carbocycles. The second-order valence-corrected chi connectivity index (χ2v) is 6.01. The summed E-state index contributed by atoms with van der Waals surface area (Å²) >= 11 is 1.59. The zero-order chi connectivity index (χ0) is 15.7. The quantitative estimate of drug-likeness (QED) is 0.808. The first kappa shape index (κ1) is 14.5. The molecule has 0 aliphatic rings. The number of fused-ring (bicyclic) bond motifs is 1. The topological polar surface area (TPSA) is 64.0 Å². The molecule has 1 amide bonds. The number of thiophene rings is 1. The predicted molar refractivity (Wildman–Crippen MR) is 87.2 cm³/mol. The molecule has 1 unspecified atom stereocenters. The van der Waals surface area contributed by atoms with E-state index < -0.39 is 0 Å². The minimum atomic E-state index is -0.285. The number of carbonyl (C=O) groups is 1. The zero-order valence-electron chi connectivity index (χ0n) is 12.2. The van der Waals surface area contributed by atoms with Crippen LogP contribution in [0.25, 0.3) is 10.8 Å². The first-order valence-corrected chi connectivity index (χ1v) is 7.76. The minimum absolute atomic E-state index is 0.106. The van der Waals surface area contributed by atoms with Crippen molar-refractivity contribution in [2.45, 2.75) is 13.0 Å². The number of nitrogens with zero attached hydrogens (tertiary/aromatic N) is 2. The fraction of sp³-hybridized carbons (Fsp3) is 0.188. The van der Waals surface area contributed by atoms with Crippen molar-refractivity contribution >= 4 is 28.0 Å². The molecule has 22 heavy (non-hydrogen) atoms. The fourth-order valence-corrected chi connectivity index (χ4v) is 3.08. The summed E-state index contributed by atoms with van der Waals surface area (Å²) in [6.45, 7) is 1.92. The molecule has 0 saturated heterocycles. The van der Waals surface area contributed by atoms with Crippen LogP contribution < -0.4 is 10.9 Å². The van der Waals surface area contributed by atoms with Gasteiger partial charge in [0.25, 0.3) is 11.5 Å². The molecular weight excluding hydrogens is 298 g/mol. The van der Waals surface area contributed by atoms with Crippen molar-refractivity contribution in [3.8, 4) is 0 Å². The SMILES string of the molecule is CC(NC(=O)c1nn(C)c(=O)c2ccccc12)c1cccs1. The van der Waals surface area contributed by atoms with Gasteiger partial charge in [0, 0.05) is 17.3 Å². The molecule has 0 saturated carbocycles. The highest BCUT2D eigenvalue weighted by Gasteiger charge is 2.18. The Balaban J connectivity index is 2.01. The Morgan fingerprint density at radius 3 is 2.64 bits per heavy atom. The van der Waals surface area contributed by atoms with Crippen LogP contribution >= 0.6 is 11.3 Å². The summed E-state index contributed by atoms with van der Waals surface area (Å²) in [5, 5.41) is 10.1. The molecule has 0 spiro atoms. The van der Waals surface area contributed by atoms with Gasteiger partial charge >= 0.3 is 0 Å². The molecule has 2 aromatic heterocycles. The van der Waals surface area contributed by atoms with E-state index in [4.69, 9.17) is 0 Å². The van der Waals surface area contributed by atoms with Gasteiger partial charge in [-0.1, -0.05) is 24.3 Å². The minimum Gasteiger partial charge on any atom is -0.343 e. The van der Waals surface area contributed by atoms with Crippen molar-refractivity contribution in [2.75, 3.05) is 0 Å². The van der Waals surface area contributed by atoms with E-state index in [-0.39, 0.29) is 23.2 Å². The zero-order valence-corrected chi connectivity index (χ0v) is 13.1. The Labute approximate surface area is 131 Å². The Bertz CT molecular complexity index is 884. The van der Waals surface area contributed by atoms with Gasteiger partial charge in [-0.3, -0.25) is 9.59 Å². The lowest BCUT2D eigenvalue weighted by atomic mass is 10.1. The fourth-order valence-electron chi connectivity index (χ4n) is 2.34. The summed E-state index contributed by atoms with van der Waals surface area (Å²) in [6, 6.07) is 10.8. The van der Waals surface area contributed by atoms with Crippen LogP contribution in [-0.4, -0.2) is 15.7 Å². The third kappa shape index (κ3) is 2.53. The van der Waals surface area contributed by atoms with Gasteiger partial charge in [0.05, 0.1) is 11.4 Å². The van der Waals surface area contributed by atoms with Gasteiger partial charge in [0.2, 0.25) is 0 Å². The third-order valence-corrected chi connectivity index (χ3v) is 4.54. The smallest absolute Gasteiger partial charge is 0.274 e. The number of aromatic nitrogens is 2. The molecule has 1 atom stereocenters. The monoisotopic (exact) mass is 313 g/mol. The molecule has 3 rings (SSSR count). The molecule has 1 N–H and O–H groups in total. The Kier molecular flexibility index (Phi) is 3.77. The summed E-state index contributed by atoms with van der Waals surface area (Å²) in [5.74, 6) is -0.285. The molecule has 0 radical (unpaired) electrons. The average molecular weight is 313 g/mol. The first-order valence-electron chi connectivity index (χ1n) is 6.88. The number of hydrogen-bond acceptors (Lipinski definition) is 4. The van der Waals surface area contributed by atoms with Crippen LogP contribution in [0.15, 0.2) is 46.6 Å². The summed E-state index contributed by atoms with van der Waals surface area (Å²) < 4.78 is 1.20. The molecule has 2 heterocycles. The van der Waals surface area contributed by atoms with E-state index in [9.17, 15) is 9.59 Å². The third-order valence-electron chi connectivity index (χ3n) is 3.49. The van der Waals surface area contributed by atoms with E-state index in [1.165, 1.54) is 4.68 Å². The maximum Gasteiger partial charge on any atom is 0.274 e. The van der Waals surface area contributed by atoms with Gasteiger partial charge in [-0.2, -0.15) is 5.10 Å². The van der Waals surface area contributed by atoms with Crippen molar-refractivity contribution < 1.29 is 4.79 Å². The number of amides is 1. The van der Waals surface area contributed by atoms with E-state index >= 15 is 0 Å². The van der Waals surface area contributed by atoms with Gasteiger partial charge in [-0.15, -0.1) is 11.3 Å². The molecule has 6 heteroatoms. The summed E-state index contributed by atoms with van der Waals surface area (Å²) in [7, 11) is 1.55. The predicted octanol–water partition coefficient (Wildman–Crippen LogP) is 2.49. The number of aryl methyl sites for hydroxylation is 1. The van der Waals surface area contributed by atoms with Crippen molar-refractivity contribution in [3.05, 3.63) is 62.7 Å². The number of rotatable bonds is 3. The second kappa shape index (κ2) is 5.73. The maximum absolute atomic E-state index is 12.5. The summed E-state index contributed by atoms with van der Waals surface area (Å²) in [4.78, 5) is 25.7. The molecule has 0 aliphatic carbocycles. The maximum atomic E-state index is 12.5. The molecule has 5 nitrogen and oxygen atoms in total. The number of benzene rings is 1. The summed E-state index contributed by atoms with van der Waals surface area (Å²) in [5.41, 5.74) is 0.0551. The highest BCUT2D eigenvalue weighted by Crippen LogP contribution is 2.19. The second-order valence-electron chi connectivity index (χ2n) is 5.03. The number of hydrogen-bond donors (Lipinski definition) is 1. The van der Waals surface area contributed by atoms with Crippen LogP contribution in [0.3, 0.4) is 0 Å². The van der Waals surface area contributed by atoms with Gasteiger partial charge < -0.3 is 5.32 Å². The molecular formula is C16H15N3O2S. The van der Waals surface area contributed by atoms with Crippen LogP contribution in [0.1, 0.15) is 28.3 Å². The highest BCUT2D eigenvalue weighted by molar-refractivity contribution is 7.10. The molecule has 112 valence electrons. The normalized spacial score (nSPS) is 12.3. The van der Waals surface area contributed by atoms with Crippen molar-refractivity contribution in [1.29, 1.82) is 0 Å². The standard InChI is InChI=1S/C16H15N3O2S/c1-10(13-8-5-9-22-13)17-15(20)14-11-6-3-4-7-12(11)16(21)19(2)18-14/h3-10H,1-2H3,(H,17,20). The van der Waals surface area contributed by atoms with Crippen LogP contribution in [0, 0.1) is 0 Å². The van der Waals surface area contributed by atoms with Crippen LogP contribution in [-0.2, 0) is 7.05 Å². The van der Waals surface area contributed by atoms with Gasteiger partial charge in [0.1, 0.15) is 0 Å². The van der Waals surface area contributed by atoms with Crippen LogP contribution in [0.2, 0.25) is 0 Å². The highest BCUT2D eigenvalue weighted by atomic mass is 32.1. The molecule has 0 aliphatic heterocycles. The summed E-state index contributed by atoms with van der Waals surface area (Å²) in [6.07, 6.45) is 0. The van der Waals surface area contributed by atoms with E-state index in [1.807, 2.05) is 24.4 Å². The largest absolute Gasteiger partial charge is 0.343 e. The molecule has 3 aromatic rings. The lowest BCUT2D eigenvalue weighted by molar-refractivity contribution is 0.0935. The lowest BCUT2D eigenvalue weighted by Gasteiger charge is -2.13. The number of nitrogens with one attached hydrogen (secondary N) is 1. The lowest BCUT2D eigenvalue weighted by Crippen LogP contribution is -2.30. The van der Waals surface area contributed by atoms with Crippen molar-refractivity contribution in [3.63, 3.8) is 0 Å². The van der Waals surface area contributed by atoms with Gasteiger partial charge in [0.15, 0.2) is 5.69 Å². The van der Waals surface area contributed by atoms with Crippen molar-refractivity contribution in [1.82, 2.24) is 15.1 Å². The van der Waals surface area contributed by atoms with E-state index in [1.54, 1.807) is 42.6 Å². The Morgan fingerprint density at radius 2 is 1.95 bits per heavy atom. The Morgan fingerprint density at radius 1 is 1.23 bits per heavy atom. The van der Waals surface area contributed by atoms with Crippen LogP contribution in [0.4, 0.5) is 0 Å². The van der Waals surface area contributed by atoms with E-state index in [0.29, 0.717) is 10.8 Å².